The average molecular weight is 219 g/mol. The van der Waals surface area contributed by atoms with Gasteiger partial charge in [0, 0.05) is 5.75 Å². The molecule has 0 fully saturated rings. The first-order chi connectivity index (χ1) is 4.00. The molecule has 0 aliphatic heterocycles. The zero-order valence-electron chi connectivity index (χ0n) is 4.86. The molecule has 0 N–H and O–H groups in total. The lowest BCUT2D eigenvalue weighted by atomic mass is 10.6. The summed E-state index contributed by atoms with van der Waals surface area (Å²) in [6, 6.07) is 0. The summed E-state index contributed by atoms with van der Waals surface area (Å²) in [7, 11) is -3.17. The smallest absolute Gasteiger partial charge is 0.00811 e. The zero-order valence-corrected chi connectivity index (χ0v) is 8.95. The van der Waals surface area contributed by atoms with Crippen LogP contribution in [0, 0.1) is 0 Å². The summed E-state index contributed by atoms with van der Waals surface area (Å²) < 4.78 is 11.1. The Bertz CT molecular complexity index is 225. The molecule has 0 aromatic carbocycles. The van der Waals surface area contributed by atoms with E-state index in [9.17, 15) is 4.21 Å². The predicted octanol–water partition coefficient (Wildman–Crippen LogP) is 0.600. The molecule has 1 atom stereocenters. The van der Waals surface area contributed by atoms with Crippen molar-refractivity contribution >= 4 is 48.1 Å². The van der Waals surface area contributed by atoms with Gasteiger partial charge in [0.2, 0.25) is 0 Å². The van der Waals surface area contributed by atoms with Gasteiger partial charge in [0.05, 0.1) is 0 Å². The first-order valence-electron chi connectivity index (χ1n) is 2.33. The van der Waals surface area contributed by atoms with Crippen LogP contribution in [0.25, 0.3) is 0 Å². The van der Waals surface area contributed by atoms with Gasteiger partial charge < -0.3 is 0 Å². The van der Waals surface area contributed by atoms with E-state index in [4.69, 9.17) is 11.2 Å². The van der Waals surface area contributed by atoms with Crippen LogP contribution in [0.4, 0.5) is 0 Å². The van der Waals surface area contributed by atoms with Crippen molar-refractivity contribution in [3.63, 3.8) is 0 Å². The van der Waals surface area contributed by atoms with Gasteiger partial charge in [0.1, 0.15) is 0 Å². The summed E-state index contributed by atoms with van der Waals surface area (Å²) in [5.74, 6) is 0.498. The van der Waals surface area contributed by atoms with Crippen molar-refractivity contribution in [3.05, 3.63) is 0 Å². The van der Waals surface area contributed by atoms with Crippen LogP contribution in [-0.2, 0) is 48.1 Å². The third-order valence-electron chi connectivity index (χ3n) is 0.661. The van der Waals surface area contributed by atoms with Crippen molar-refractivity contribution < 1.29 is 4.21 Å². The van der Waals surface area contributed by atoms with Crippen molar-refractivity contribution in [2.75, 3.05) is 5.75 Å². The van der Waals surface area contributed by atoms with Crippen molar-refractivity contribution in [1.29, 1.82) is 0 Å². The minimum atomic E-state index is -2.26. The molecule has 1 unspecified atom stereocenters. The van der Waals surface area contributed by atoms with E-state index in [2.05, 4.69) is 22.4 Å². The first-order valence-corrected chi connectivity index (χ1v) is 8.57. The highest BCUT2D eigenvalue weighted by molar-refractivity contribution is 8.95. The molecule has 0 saturated heterocycles. The zero-order chi connectivity index (χ0) is 7.49. The normalized spacial score (nSPS) is 17.6. The fourth-order valence-electron chi connectivity index (χ4n) is 0.318. The molecule has 0 bridgehead atoms. The quantitative estimate of drug-likeness (QED) is 0.510. The van der Waals surface area contributed by atoms with Gasteiger partial charge in [-0.25, -0.2) is 22.4 Å². The molecule has 0 amide bonds. The van der Waals surface area contributed by atoms with Gasteiger partial charge in [-0.3, -0.25) is 11.3 Å². The molecule has 56 valence electrons. The van der Waals surface area contributed by atoms with Gasteiger partial charge >= 0.3 is 0 Å². The fourth-order valence-corrected chi connectivity index (χ4v) is 3.59. The molecule has 0 spiro atoms. The third-order valence-corrected chi connectivity index (χ3v) is 11.0. The van der Waals surface area contributed by atoms with E-state index >= 15 is 0 Å². The standard InChI is InChI=1S/C3H7OS5/c1-2-3-9(4,7)8(5)6/h2-3H2,1H3/q-1. The average Bonchev–Trinajstić information content (AvgIpc) is 1.65. The van der Waals surface area contributed by atoms with Crippen LogP contribution < -0.4 is 0 Å². The maximum absolute atomic E-state index is 11.1. The Morgan fingerprint density at radius 1 is 1.56 bits per heavy atom. The Kier molecular flexibility index (Phi) is 4.66. The monoisotopic (exact) mass is 219 g/mol. The molecule has 0 radical (unpaired) electrons. The van der Waals surface area contributed by atoms with E-state index in [0.717, 1.165) is 6.42 Å². The molecule has 1 nitrogen and oxygen atoms in total. The molecule has 0 aliphatic carbocycles. The van der Waals surface area contributed by atoms with E-state index in [-0.39, 0.29) is 0 Å². The van der Waals surface area contributed by atoms with Gasteiger partial charge in [-0.1, -0.05) is 6.92 Å². The van der Waals surface area contributed by atoms with Crippen LogP contribution in [0.3, 0.4) is 0 Å². The van der Waals surface area contributed by atoms with Gasteiger partial charge in [-0.15, -0.1) is 0 Å². The van der Waals surface area contributed by atoms with Crippen molar-refractivity contribution in [2.45, 2.75) is 13.3 Å². The summed E-state index contributed by atoms with van der Waals surface area (Å²) in [6.07, 6.45) is 0.805. The van der Waals surface area contributed by atoms with Crippen LogP contribution in [0.5, 0.6) is 0 Å². The minimum Gasteiger partial charge on any atom is -0.277 e. The van der Waals surface area contributed by atoms with E-state index in [1.165, 1.54) is 0 Å². The van der Waals surface area contributed by atoms with E-state index in [0.29, 0.717) is 5.75 Å². The van der Waals surface area contributed by atoms with Gasteiger partial charge in [-0.05, 0) is 25.1 Å². The van der Waals surface area contributed by atoms with E-state index in [1.807, 2.05) is 6.92 Å². The fraction of sp³-hybridized carbons (Fsp3) is 1.00. The van der Waals surface area contributed by atoms with Crippen LogP contribution in [0.2, 0.25) is 0 Å². The Morgan fingerprint density at radius 3 is 2.11 bits per heavy atom. The Morgan fingerprint density at radius 2 is 2.00 bits per heavy atom. The maximum Gasteiger partial charge on any atom is 0.00811 e. The molecule has 0 rings (SSSR count). The molecule has 0 saturated carbocycles. The van der Waals surface area contributed by atoms with Crippen molar-refractivity contribution in [2.24, 2.45) is 0 Å². The van der Waals surface area contributed by atoms with Crippen molar-refractivity contribution in [1.82, 2.24) is 0 Å². The summed E-state index contributed by atoms with van der Waals surface area (Å²) in [5, 5.41) is 0. The molecule has 6 heteroatoms. The van der Waals surface area contributed by atoms with E-state index < -0.39 is 14.6 Å². The minimum absolute atomic E-state index is 0.498. The van der Waals surface area contributed by atoms with E-state index in [1.54, 1.807) is 0 Å². The van der Waals surface area contributed by atoms with Gasteiger partial charge in [-0.2, -0.15) is 0 Å². The topological polar surface area (TPSA) is 17.1 Å². The Balaban J connectivity index is 4.43. The highest BCUT2D eigenvalue weighted by atomic mass is 33.6. The van der Waals surface area contributed by atoms with Crippen LogP contribution >= 0.6 is 0 Å². The second-order valence-corrected chi connectivity index (χ2v) is 12.2. The lowest BCUT2D eigenvalue weighted by Crippen LogP contribution is -2.02. The lowest BCUT2D eigenvalue weighted by Gasteiger charge is -2.06. The van der Waals surface area contributed by atoms with Crippen LogP contribution in [0.15, 0.2) is 0 Å². The van der Waals surface area contributed by atoms with Gasteiger partial charge in [0.15, 0.2) is 0 Å². The van der Waals surface area contributed by atoms with Gasteiger partial charge in [0.25, 0.3) is 0 Å². The van der Waals surface area contributed by atoms with Crippen LogP contribution in [-0.4, -0.2) is 9.96 Å². The number of hydrogen-bond donors (Lipinski definition) is 0. The summed E-state index contributed by atoms with van der Waals surface area (Å²) in [6.45, 7) is 1.92. The molecule has 0 aromatic heterocycles. The molecule has 0 aromatic rings. The first kappa shape index (κ1) is 10.2. The van der Waals surface area contributed by atoms with Crippen molar-refractivity contribution in [3.8, 4) is 0 Å². The molecule has 0 heterocycles. The highest BCUT2D eigenvalue weighted by Gasteiger charge is 1.90. The second-order valence-electron chi connectivity index (χ2n) is 1.47. The predicted molar refractivity (Wildman–Crippen MR) is 52.8 cm³/mol. The maximum atomic E-state index is 11.1. The molecular formula is C3H7OS5-. The molecular weight excluding hydrogens is 212 g/mol. The molecule has 0 aliphatic rings. The Labute approximate surface area is 71.1 Å². The second kappa shape index (κ2) is 4.12. The largest absolute Gasteiger partial charge is 0.277 e. The number of rotatable bonds is 3. The van der Waals surface area contributed by atoms with Crippen LogP contribution in [0.1, 0.15) is 13.3 Å². The third kappa shape index (κ3) is 3.77. The Hall–Kier alpha value is 1.16. The number of hydrogen-bond acceptors (Lipinski definition) is 5. The summed E-state index contributed by atoms with van der Waals surface area (Å²) in [5.41, 5.74) is 0. The highest BCUT2D eigenvalue weighted by Crippen LogP contribution is 1.94. The summed E-state index contributed by atoms with van der Waals surface area (Å²) >= 11 is 14.0. The molecule has 9 heavy (non-hydrogen) atoms. The lowest BCUT2D eigenvalue weighted by molar-refractivity contribution is 0.689. The SMILES string of the molecule is CCCS(=O)(=S)[S-](=S)=S. The summed E-state index contributed by atoms with van der Waals surface area (Å²) in [4.78, 5) is 0.